The number of aliphatic hydroxyl groups is 1. The summed E-state index contributed by atoms with van der Waals surface area (Å²) in [5.41, 5.74) is 4.82. The van der Waals surface area contributed by atoms with Crippen molar-refractivity contribution in [3.8, 4) is 23.0 Å². The normalized spacial score (nSPS) is 20.9. The van der Waals surface area contributed by atoms with Crippen LogP contribution in [0, 0.1) is 23.7 Å². The minimum Gasteiger partial charge on any atom is -0.382 e. The third-order valence-electron chi connectivity index (χ3n) is 9.49. The van der Waals surface area contributed by atoms with Gasteiger partial charge in [0.2, 0.25) is 5.91 Å². The van der Waals surface area contributed by atoms with Crippen molar-refractivity contribution in [3.63, 3.8) is 0 Å². The molecule has 0 aliphatic heterocycles. The predicted octanol–water partition coefficient (Wildman–Crippen LogP) is 7.31. The van der Waals surface area contributed by atoms with E-state index in [9.17, 15) is 27.5 Å². The summed E-state index contributed by atoms with van der Waals surface area (Å²) in [5, 5.41) is 21.8. The number of benzene rings is 1. The van der Waals surface area contributed by atoms with Gasteiger partial charge in [-0.05, 0) is 68.7 Å². The zero-order valence-corrected chi connectivity index (χ0v) is 28.7. The van der Waals surface area contributed by atoms with E-state index in [2.05, 4.69) is 27.4 Å². The molecule has 1 saturated carbocycles. The second-order valence-corrected chi connectivity index (χ2v) is 14.3. The molecule has 1 unspecified atom stereocenters. The van der Waals surface area contributed by atoms with Gasteiger partial charge in [0.25, 0.3) is 12.3 Å². The molecule has 1 aromatic carbocycles. The molecule has 16 heteroatoms. The first-order valence-corrected chi connectivity index (χ1v) is 16.8. The molecule has 0 saturated heterocycles. The predicted molar refractivity (Wildman–Crippen MR) is 180 cm³/mol. The second kappa shape index (κ2) is 12.7. The molecule has 0 spiro atoms. The van der Waals surface area contributed by atoms with E-state index in [0.717, 1.165) is 6.08 Å². The Hall–Kier alpha value is -4.81. The number of pyridine rings is 1. The summed E-state index contributed by atoms with van der Waals surface area (Å²) in [6.45, 7) is 2.10. The van der Waals surface area contributed by atoms with Crippen LogP contribution in [0.1, 0.15) is 79.8 Å². The van der Waals surface area contributed by atoms with E-state index in [-0.39, 0.29) is 42.0 Å². The molecule has 0 bridgehead atoms. The lowest BCUT2D eigenvalue weighted by Crippen LogP contribution is -2.35. The Labute approximate surface area is 298 Å². The smallest absolute Gasteiger partial charge is 0.293 e. The molecule has 4 atom stereocenters. The number of anilines is 1. The van der Waals surface area contributed by atoms with Crippen molar-refractivity contribution in [2.75, 3.05) is 5.73 Å². The number of aromatic nitrogens is 5. The van der Waals surface area contributed by atoms with E-state index in [0.29, 0.717) is 31.7 Å². The third kappa shape index (κ3) is 6.43. The van der Waals surface area contributed by atoms with E-state index in [1.807, 2.05) is 0 Å². The Morgan fingerprint density at radius 1 is 1.17 bits per heavy atom. The van der Waals surface area contributed by atoms with Gasteiger partial charge < -0.3 is 16.2 Å². The molecule has 4 aromatic rings. The summed E-state index contributed by atoms with van der Waals surface area (Å²) in [4.78, 5) is 18.6. The molecule has 3 heterocycles. The van der Waals surface area contributed by atoms with Crippen LogP contribution in [-0.2, 0) is 24.3 Å². The number of nitrogens with one attached hydrogen (secondary N) is 1. The van der Waals surface area contributed by atoms with Gasteiger partial charge in [-0.25, -0.2) is 22.5 Å². The Morgan fingerprint density at radius 2 is 1.90 bits per heavy atom. The quantitative estimate of drug-likeness (QED) is 0.129. The van der Waals surface area contributed by atoms with Crippen molar-refractivity contribution in [2.24, 2.45) is 18.9 Å². The minimum absolute atomic E-state index is 0.0532. The highest BCUT2D eigenvalue weighted by molar-refractivity contribution is 6.37. The highest BCUT2D eigenvalue weighted by Gasteiger charge is 2.67. The summed E-state index contributed by atoms with van der Waals surface area (Å²) < 4.78 is 89.7. The van der Waals surface area contributed by atoms with Gasteiger partial charge in [-0.15, -0.1) is 0 Å². The van der Waals surface area contributed by atoms with Crippen LogP contribution in [0.4, 0.5) is 32.2 Å². The lowest BCUT2D eigenvalue weighted by molar-refractivity contribution is -0.123. The maximum Gasteiger partial charge on any atom is 0.293 e. The molecule has 9 nitrogen and oxygen atoms in total. The van der Waals surface area contributed by atoms with Crippen molar-refractivity contribution in [1.82, 2.24) is 29.9 Å². The number of nitrogen functional groups attached to an aromatic ring is 1. The monoisotopic (exact) mass is 743 g/mol. The van der Waals surface area contributed by atoms with E-state index in [1.165, 1.54) is 24.6 Å². The first kappa shape index (κ1) is 35.6. The lowest BCUT2D eigenvalue weighted by atomic mass is 9.88. The summed E-state index contributed by atoms with van der Waals surface area (Å²) >= 11 is 6.50. The number of alkyl halides is 4. The van der Waals surface area contributed by atoms with E-state index in [1.54, 1.807) is 31.3 Å². The van der Waals surface area contributed by atoms with Gasteiger partial charge in [0.15, 0.2) is 5.82 Å². The van der Waals surface area contributed by atoms with E-state index < -0.39 is 77.2 Å². The summed E-state index contributed by atoms with van der Waals surface area (Å²) in [5.74, 6) is -2.98. The number of fused-ring (bicyclic) bond motifs is 4. The number of hydrogen-bond acceptors (Lipinski definition) is 6. The SMILES string of the molecule is Cn1nc(N)c2c(Cl)ccc(-c3ccc(C#CC(C)(C)O)nc3[C@H](CC3C=C(F)C=C(F)C3)NC(=O)Cn3nc(C(F)F)c4c3C(F)(F)[C@@H]3C[C@H]43)c21. The van der Waals surface area contributed by atoms with Crippen LogP contribution in [0.25, 0.3) is 22.0 Å². The van der Waals surface area contributed by atoms with E-state index >= 15 is 8.78 Å². The van der Waals surface area contributed by atoms with Gasteiger partial charge in [-0.2, -0.15) is 19.0 Å². The van der Waals surface area contributed by atoms with Crippen LogP contribution in [0.5, 0.6) is 0 Å². The zero-order valence-electron chi connectivity index (χ0n) is 28.0. The van der Waals surface area contributed by atoms with Crippen LogP contribution in [-0.4, -0.2) is 41.2 Å². The van der Waals surface area contributed by atoms with Gasteiger partial charge in [-0.1, -0.05) is 23.6 Å². The molecule has 3 aliphatic rings. The Bertz CT molecular complexity index is 2260. The molecule has 1 fully saturated rings. The van der Waals surface area contributed by atoms with Crippen molar-refractivity contribution in [3.05, 3.63) is 81.4 Å². The summed E-state index contributed by atoms with van der Waals surface area (Å²) in [7, 11) is 1.65. The number of rotatable bonds is 8. The van der Waals surface area contributed by atoms with Crippen molar-refractivity contribution in [1.29, 1.82) is 0 Å². The summed E-state index contributed by atoms with van der Waals surface area (Å²) in [6.07, 6.45) is -1.47. The van der Waals surface area contributed by atoms with Gasteiger partial charge in [0.05, 0.1) is 27.7 Å². The Morgan fingerprint density at radius 3 is 2.60 bits per heavy atom. The highest BCUT2D eigenvalue weighted by Crippen LogP contribution is 2.68. The fraction of sp³-hybridized carbons (Fsp3) is 0.389. The largest absolute Gasteiger partial charge is 0.382 e. The zero-order chi connectivity index (χ0) is 37.4. The molecule has 3 aliphatic carbocycles. The standard InChI is InChI=1S/C36H32ClF6N7O2/c1-35(2,52)9-8-19-4-5-20(21-6-7-24(37)28-31(21)49(3)48-34(28)44)29(45-19)25(12-16-10-17(38)13-18(39)11-16)46-26(51)15-50-32-27(30(47-50)33(40)41)22-14-23(22)36(32,42)43/h4-7,10,13,16,22-23,25,33,52H,11-12,14-15H2,1-3H3,(H2,44,48)(H,46,51)/t16?,22-,23+,25-/m0/s1. The third-order valence-corrected chi connectivity index (χ3v) is 9.80. The summed E-state index contributed by atoms with van der Waals surface area (Å²) in [6, 6.07) is 5.35. The fourth-order valence-corrected chi connectivity index (χ4v) is 7.57. The van der Waals surface area contributed by atoms with Crippen LogP contribution in [0.2, 0.25) is 5.02 Å². The number of halogens is 7. The van der Waals surface area contributed by atoms with Gasteiger partial charge in [-0.3, -0.25) is 14.2 Å². The maximum absolute atomic E-state index is 15.3. The first-order chi connectivity index (χ1) is 24.4. The van der Waals surface area contributed by atoms with Crippen LogP contribution in [0.3, 0.4) is 0 Å². The van der Waals surface area contributed by atoms with Gasteiger partial charge >= 0.3 is 0 Å². The molecule has 272 valence electrons. The molecular formula is C36H32ClF6N7O2. The molecular weight excluding hydrogens is 712 g/mol. The van der Waals surface area contributed by atoms with Crippen molar-refractivity contribution in [2.45, 2.75) is 69.6 Å². The van der Waals surface area contributed by atoms with Crippen LogP contribution < -0.4 is 11.1 Å². The maximum atomic E-state index is 15.3. The molecule has 3 aromatic heterocycles. The van der Waals surface area contributed by atoms with Crippen LogP contribution in [0.15, 0.2) is 48.1 Å². The Kier molecular flexibility index (Phi) is 8.69. The minimum atomic E-state index is -3.46. The number of carbonyl (C=O) groups excluding carboxylic acids is 1. The highest BCUT2D eigenvalue weighted by atomic mass is 35.5. The molecule has 0 radical (unpaired) electrons. The molecule has 4 N–H and O–H groups in total. The van der Waals surface area contributed by atoms with Crippen LogP contribution >= 0.6 is 11.6 Å². The van der Waals surface area contributed by atoms with Gasteiger partial charge in [0.1, 0.15) is 40.9 Å². The molecule has 1 amide bonds. The number of nitrogens with zero attached hydrogens (tertiary/aromatic N) is 5. The number of aryl methyl sites for hydroxylation is 1. The number of allylic oxidation sites excluding steroid dienone is 4. The number of nitrogens with two attached hydrogens (primary N) is 1. The van der Waals surface area contributed by atoms with Gasteiger partial charge in [0, 0.05) is 42.2 Å². The number of amides is 1. The first-order valence-electron chi connectivity index (χ1n) is 16.4. The number of carbonyl (C=O) groups is 1. The van der Waals surface area contributed by atoms with Crippen molar-refractivity contribution >= 4 is 34.2 Å². The number of hydrogen-bond donors (Lipinski definition) is 3. The topological polar surface area (TPSA) is 124 Å². The lowest BCUT2D eigenvalue weighted by Gasteiger charge is -2.26. The molecule has 7 rings (SSSR count). The average molecular weight is 744 g/mol. The molecule has 52 heavy (non-hydrogen) atoms. The van der Waals surface area contributed by atoms with Crippen molar-refractivity contribution < 1.29 is 36.2 Å². The average Bonchev–Trinajstić information content (AvgIpc) is 3.60. The Balaban J connectivity index is 1.35. The van der Waals surface area contributed by atoms with E-state index in [4.69, 9.17) is 22.3 Å². The fourth-order valence-electron chi connectivity index (χ4n) is 7.32. The second-order valence-electron chi connectivity index (χ2n) is 13.9.